The van der Waals surface area contributed by atoms with Gasteiger partial charge in [-0.05, 0) is 24.0 Å². The predicted octanol–water partition coefficient (Wildman–Crippen LogP) is 2.20. The molecule has 0 heterocycles. The second-order valence-electron chi connectivity index (χ2n) is 7.35. The molecule has 1 aromatic rings. The van der Waals surface area contributed by atoms with Crippen LogP contribution in [0.15, 0.2) is 24.3 Å². The quantitative estimate of drug-likeness (QED) is 0.652. The summed E-state index contributed by atoms with van der Waals surface area (Å²) in [7, 11) is 2.43. The van der Waals surface area contributed by atoms with Crippen LogP contribution in [0.4, 0.5) is 0 Å². The van der Waals surface area contributed by atoms with Gasteiger partial charge in [0.15, 0.2) is 5.78 Å². The first-order valence-electron chi connectivity index (χ1n) is 8.64. The van der Waals surface area contributed by atoms with Crippen LogP contribution in [-0.2, 0) is 23.9 Å². The van der Waals surface area contributed by atoms with E-state index in [1.54, 1.807) is 12.1 Å². The SMILES string of the molecule is COC(=O)[C@@H]1C(=O)C[C@](C)(O)[C@@H](C(=O)OC)[C@H]1c1ccc(C(C)C)cc1. The number of carbonyl (C=O) groups excluding carboxylic acids is 3. The summed E-state index contributed by atoms with van der Waals surface area (Å²) >= 11 is 0. The van der Waals surface area contributed by atoms with Crippen molar-refractivity contribution in [2.45, 2.75) is 44.6 Å². The number of benzene rings is 1. The summed E-state index contributed by atoms with van der Waals surface area (Å²) in [5.74, 6) is -4.57. The molecule has 142 valence electrons. The Morgan fingerprint density at radius 3 is 2.12 bits per heavy atom. The van der Waals surface area contributed by atoms with Crippen LogP contribution in [0.3, 0.4) is 0 Å². The molecule has 6 heteroatoms. The number of methoxy groups -OCH3 is 2. The van der Waals surface area contributed by atoms with Gasteiger partial charge in [-0.3, -0.25) is 14.4 Å². The van der Waals surface area contributed by atoms with E-state index >= 15 is 0 Å². The van der Waals surface area contributed by atoms with Crippen molar-refractivity contribution in [2.24, 2.45) is 11.8 Å². The second kappa shape index (κ2) is 7.58. The smallest absolute Gasteiger partial charge is 0.316 e. The van der Waals surface area contributed by atoms with Crippen molar-refractivity contribution in [2.75, 3.05) is 14.2 Å². The van der Waals surface area contributed by atoms with E-state index in [1.165, 1.54) is 21.1 Å². The van der Waals surface area contributed by atoms with Gasteiger partial charge in [0.25, 0.3) is 0 Å². The normalized spacial score (nSPS) is 28.7. The lowest BCUT2D eigenvalue weighted by atomic mass is 9.61. The molecule has 1 fully saturated rings. The maximum absolute atomic E-state index is 12.6. The molecule has 0 unspecified atom stereocenters. The molecule has 0 spiro atoms. The molecule has 2 rings (SSSR count). The minimum absolute atomic E-state index is 0.312. The van der Waals surface area contributed by atoms with E-state index < -0.39 is 41.1 Å². The number of ketones is 1. The maximum atomic E-state index is 12.6. The molecule has 0 bridgehead atoms. The first-order chi connectivity index (χ1) is 12.1. The van der Waals surface area contributed by atoms with Gasteiger partial charge < -0.3 is 14.6 Å². The number of carbonyl (C=O) groups is 3. The third kappa shape index (κ3) is 3.65. The number of esters is 2. The van der Waals surface area contributed by atoms with Crippen LogP contribution in [0, 0.1) is 11.8 Å². The average molecular weight is 362 g/mol. The van der Waals surface area contributed by atoms with E-state index in [-0.39, 0.29) is 6.42 Å². The van der Waals surface area contributed by atoms with Crippen molar-refractivity contribution in [1.82, 2.24) is 0 Å². The molecule has 6 nitrogen and oxygen atoms in total. The van der Waals surface area contributed by atoms with Crippen molar-refractivity contribution in [3.8, 4) is 0 Å². The Morgan fingerprint density at radius 2 is 1.65 bits per heavy atom. The van der Waals surface area contributed by atoms with Crippen LogP contribution in [0.25, 0.3) is 0 Å². The fraction of sp³-hybridized carbons (Fsp3) is 0.550. The summed E-state index contributed by atoms with van der Waals surface area (Å²) in [6.45, 7) is 5.53. The zero-order valence-corrected chi connectivity index (χ0v) is 15.8. The first kappa shape index (κ1) is 20.1. The molecule has 1 aliphatic carbocycles. The van der Waals surface area contributed by atoms with Crippen LogP contribution in [-0.4, -0.2) is 42.6 Å². The molecule has 0 aromatic heterocycles. The zero-order chi connectivity index (χ0) is 19.6. The van der Waals surface area contributed by atoms with E-state index in [4.69, 9.17) is 9.47 Å². The molecule has 1 aromatic carbocycles. The number of hydrogen-bond acceptors (Lipinski definition) is 6. The summed E-state index contributed by atoms with van der Waals surface area (Å²) in [5.41, 5.74) is 0.0937. The molecule has 0 amide bonds. The molecule has 4 atom stereocenters. The largest absolute Gasteiger partial charge is 0.469 e. The molecule has 1 aliphatic rings. The standard InChI is InChI=1S/C20H26O6/c1-11(2)12-6-8-13(9-7-12)15-16(18(22)25-4)14(21)10-20(3,24)17(15)19(23)26-5/h6-9,11,15-17,24H,10H2,1-5H3/t15-,16+,17+,20-/m0/s1. The Hall–Kier alpha value is -2.21. The van der Waals surface area contributed by atoms with E-state index in [2.05, 4.69) is 13.8 Å². The third-order valence-electron chi connectivity index (χ3n) is 5.17. The van der Waals surface area contributed by atoms with Crippen molar-refractivity contribution < 1.29 is 29.0 Å². The number of hydrogen-bond donors (Lipinski definition) is 1. The Labute approximate surface area is 153 Å². The highest BCUT2D eigenvalue weighted by Crippen LogP contribution is 2.46. The van der Waals surface area contributed by atoms with Crippen LogP contribution < -0.4 is 0 Å². The van der Waals surface area contributed by atoms with Crippen LogP contribution in [0.5, 0.6) is 0 Å². The van der Waals surface area contributed by atoms with E-state index in [1.807, 2.05) is 12.1 Å². The van der Waals surface area contributed by atoms with Crippen LogP contribution in [0.2, 0.25) is 0 Å². The topological polar surface area (TPSA) is 89.9 Å². The highest BCUT2D eigenvalue weighted by Gasteiger charge is 2.56. The first-order valence-corrected chi connectivity index (χ1v) is 8.64. The Bertz CT molecular complexity index is 689. The molecular weight excluding hydrogens is 336 g/mol. The van der Waals surface area contributed by atoms with Gasteiger partial charge in [0.05, 0.1) is 25.7 Å². The van der Waals surface area contributed by atoms with Gasteiger partial charge in [-0.1, -0.05) is 38.1 Å². The highest BCUT2D eigenvalue weighted by molar-refractivity contribution is 6.02. The minimum Gasteiger partial charge on any atom is -0.469 e. The Kier molecular flexibility index (Phi) is 5.86. The summed E-state index contributed by atoms with van der Waals surface area (Å²) in [6, 6.07) is 7.38. The van der Waals surface area contributed by atoms with Gasteiger partial charge in [-0.2, -0.15) is 0 Å². The van der Waals surface area contributed by atoms with Gasteiger partial charge >= 0.3 is 11.9 Å². The van der Waals surface area contributed by atoms with Gasteiger partial charge in [-0.15, -0.1) is 0 Å². The van der Waals surface area contributed by atoms with E-state index in [9.17, 15) is 19.5 Å². The zero-order valence-electron chi connectivity index (χ0n) is 15.8. The lowest BCUT2D eigenvalue weighted by Gasteiger charge is -2.43. The van der Waals surface area contributed by atoms with Gasteiger partial charge in [0.2, 0.25) is 0 Å². The monoisotopic (exact) mass is 362 g/mol. The highest BCUT2D eigenvalue weighted by atomic mass is 16.5. The molecule has 26 heavy (non-hydrogen) atoms. The fourth-order valence-corrected chi connectivity index (χ4v) is 3.77. The number of Topliss-reactive ketones (excluding diaryl/α,β-unsaturated/α-hetero) is 1. The molecule has 1 N–H and O–H groups in total. The van der Waals surface area contributed by atoms with Crippen molar-refractivity contribution >= 4 is 17.7 Å². The molecular formula is C20H26O6. The average Bonchev–Trinajstić information content (AvgIpc) is 2.59. The van der Waals surface area contributed by atoms with Crippen LogP contribution in [0.1, 0.15) is 50.2 Å². The minimum atomic E-state index is -1.61. The lowest BCUT2D eigenvalue weighted by molar-refractivity contribution is -0.170. The third-order valence-corrected chi connectivity index (χ3v) is 5.17. The number of aliphatic hydroxyl groups is 1. The van der Waals surface area contributed by atoms with Gasteiger partial charge in [0, 0.05) is 12.3 Å². The van der Waals surface area contributed by atoms with Crippen molar-refractivity contribution in [1.29, 1.82) is 0 Å². The number of ether oxygens (including phenoxy) is 2. The summed E-state index contributed by atoms with van der Waals surface area (Å²) < 4.78 is 9.68. The second-order valence-corrected chi connectivity index (χ2v) is 7.35. The van der Waals surface area contributed by atoms with E-state index in [0.717, 1.165) is 5.56 Å². The molecule has 0 saturated heterocycles. The van der Waals surface area contributed by atoms with E-state index in [0.29, 0.717) is 11.5 Å². The van der Waals surface area contributed by atoms with Crippen LogP contribution >= 0.6 is 0 Å². The van der Waals surface area contributed by atoms with Crippen molar-refractivity contribution in [3.63, 3.8) is 0 Å². The lowest BCUT2D eigenvalue weighted by Crippen LogP contribution is -2.55. The molecule has 1 saturated carbocycles. The summed E-state index contributed by atoms with van der Waals surface area (Å²) in [4.78, 5) is 37.4. The maximum Gasteiger partial charge on any atom is 0.316 e. The molecule has 0 radical (unpaired) electrons. The Morgan fingerprint density at radius 1 is 1.12 bits per heavy atom. The van der Waals surface area contributed by atoms with Crippen molar-refractivity contribution in [3.05, 3.63) is 35.4 Å². The predicted molar refractivity (Wildman–Crippen MR) is 94.5 cm³/mol. The summed E-state index contributed by atoms with van der Waals surface area (Å²) in [5, 5.41) is 10.8. The number of rotatable bonds is 4. The van der Waals surface area contributed by atoms with Gasteiger partial charge in [-0.25, -0.2) is 0 Å². The molecule has 0 aliphatic heterocycles. The summed E-state index contributed by atoms with van der Waals surface area (Å²) in [6.07, 6.45) is -0.312. The Balaban J connectivity index is 2.61. The fourth-order valence-electron chi connectivity index (χ4n) is 3.77. The van der Waals surface area contributed by atoms with Gasteiger partial charge in [0.1, 0.15) is 5.92 Å².